The molecule has 1 fully saturated rings. The summed E-state index contributed by atoms with van der Waals surface area (Å²) in [7, 11) is 1.60. The third kappa shape index (κ3) is 7.09. The second kappa shape index (κ2) is 13.5. The lowest BCUT2D eigenvalue weighted by Crippen LogP contribution is -2.36. The number of ether oxygens (including phenoxy) is 1. The minimum Gasteiger partial charge on any atom is -0.495 e. The molecule has 0 saturated carbocycles. The van der Waals surface area contributed by atoms with E-state index in [-0.39, 0.29) is 18.5 Å². The molecule has 39 heavy (non-hydrogen) atoms. The molecule has 1 aromatic heterocycles. The van der Waals surface area contributed by atoms with Gasteiger partial charge in [-0.15, -0.1) is 22.6 Å². The summed E-state index contributed by atoms with van der Waals surface area (Å²) in [6.45, 7) is 2.39. The highest BCUT2D eigenvalue weighted by Crippen LogP contribution is 2.32. The van der Waals surface area contributed by atoms with Gasteiger partial charge < -0.3 is 24.9 Å². The van der Waals surface area contributed by atoms with E-state index in [1.165, 1.54) is 0 Å². The van der Waals surface area contributed by atoms with Crippen molar-refractivity contribution in [3.05, 3.63) is 88.4 Å². The van der Waals surface area contributed by atoms with Gasteiger partial charge in [0.25, 0.3) is 0 Å². The Bertz CT molecular complexity index is 1410. The van der Waals surface area contributed by atoms with E-state index >= 15 is 0 Å². The average Bonchev–Trinajstić information content (AvgIpc) is 2.95. The Kier molecular flexibility index (Phi) is 9.81. The zero-order valence-electron chi connectivity index (χ0n) is 21.6. The molecule has 3 aromatic carbocycles. The van der Waals surface area contributed by atoms with Gasteiger partial charge in [-0.25, -0.2) is 0 Å². The minimum atomic E-state index is -0.263. The number of methoxy groups -OCH3 is 1. The van der Waals surface area contributed by atoms with Crippen LogP contribution in [0.3, 0.4) is 0 Å². The molecule has 0 radical (unpaired) electrons. The van der Waals surface area contributed by atoms with Crippen molar-refractivity contribution in [1.82, 2.24) is 10.2 Å². The zero-order chi connectivity index (χ0) is 26.3. The van der Waals surface area contributed by atoms with Crippen molar-refractivity contribution >= 4 is 52.6 Å². The Hall–Kier alpha value is -3.59. The zero-order valence-corrected chi connectivity index (χ0v) is 23.2. The molecule has 0 spiro atoms. The van der Waals surface area contributed by atoms with Crippen molar-refractivity contribution < 1.29 is 14.7 Å². The van der Waals surface area contributed by atoms with Gasteiger partial charge in [0.1, 0.15) is 12.4 Å². The van der Waals surface area contributed by atoms with E-state index in [0.29, 0.717) is 42.6 Å². The van der Waals surface area contributed by atoms with Gasteiger partial charge in [0.15, 0.2) is 11.6 Å². The first-order chi connectivity index (χ1) is 18.6. The Labute approximate surface area is 239 Å². The number of oxime groups is 1. The first kappa shape index (κ1) is 28.4. The van der Waals surface area contributed by atoms with Crippen LogP contribution in [-0.4, -0.2) is 47.8 Å². The maximum absolute atomic E-state index is 9.96. The van der Waals surface area contributed by atoms with Crippen LogP contribution in [0.2, 0.25) is 5.02 Å². The number of aromatic nitrogens is 2. The number of aliphatic hydroxyl groups excluding tert-OH is 1. The molecule has 1 saturated heterocycles. The van der Waals surface area contributed by atoms with Crippen LogP contribution in [0, 0.1) is 0 Å². The van der Waals surface area contributed by atoms with Crippen LogP contribution in [0.15, 0.2) is 71.9 Å². The summed E-state index contributed by atoms with van der Waals surface area (Å²) < 4.78 is 5.26. The molecule has 0 unspecified atom stereocenters. The molecule has 0 aliphatic carbocycles. The van der Waals surface area contributed by atoms with Crippen LogP contribution in [0.5, 0.6) is 5.75 Å². The summed E-state index contributed by atoms with van der Waals surface area (Å²) in [6, 6.07) is 21.7. The van der Waals surface area contributed by atoms with E-state index in [2.05, 4.69) is 25.6 Å². The van der Waals surface area contributed by atoms with Crippen LogP contribution >= 0.6 is 24.0 Å². The smallest absolute Gasteiger partial charge is 0.159 e. The summed E-state index contributed by atoms with van der Waals surface area (Å²) >= 11 is 6.31. The summed E-state index contributed by atoms with van der Waals surface area (Å²) in [6.07, 6.45) is 2.86. The highest BCUT2D eigenvalue weighted by molar-refractivity contribution is 6.32. The van der Waals surface area contributed by atoms with Crippen molar-refractivity contribution in [2.45, 2.75) is 32.1 Å². The van der Waals surface area contributed by atoms with Crippen LogP contribution < -0.4 is 15.0 Å². The number of benzene rings is 3. The number of anilines is 2. The summed E-state index contributed by atoms with van der Waals surface area (Å²) in [5, 5.41) is 29.1. The topological polar surface area (TPSA) is 92.1 Å². The van der Waals surface area contributed by atoms with Gasteiger partial charge in [-0.3, -0.25) is 0 Å². The lowest BCUT2D eigenvalue weighted by atomic mass is 10.1. The van der Waals surface area contributed by atoms with E-state index in [1.807, 2.05) is 66.7 Å². The molecule has 204 valence electrons. The molecule has 10 heteroatoms. The second-order valence-corrected chi connectivity index (χ2v) is 9.62. The SMILES string of the molecule is COc1ccc(CNc2nnc(N3CCC(O)CC3)c3ccc(C=NOCc4ccccc4)cc23)cc1Cl.Cl. The Morgan fingerprint density at radius 1 is 1.03 bits per heavy atom. The number of hydrogen-bond acceptors (Lipinski definition) is 8. The van der Waals surface area contributed by atoms with E-state index < -0.39 is 0 Å². The maximum atomic E-state index is 9.96. The van der Waals surface area contributed by atoms with Gasteiger partial charge in [0.2, 0.25) is 0 Å². The van der Waals surface area contributed by atoms with Crippen molar-refractivity contribution in [3.8, 4) is 5.75 Å². The number of piperidine rings is 1. The molecular weight excluding hydrogens is 537 g/mol. The van der Waals surface area contributed by atoms with E-state index in [0.717, 1.165) is 46.4 Å². The lowest BCUT2D eigenvalue weighted by Gasteiger charge is -2.31. The number of rotatable bonds is 9. The Morgan fingerprint density at radius 3 is 2.56 bits per heavy atom. The normalized spacial score (nSPS) is 13.9. The van der Waals surface area contributed by atoms with Gasteiger partial charge in [-0.05, 0) is 53.8 Å². The number of nitrogens with one attached hydrogen (secondary N) is 1. The van der Waals surface area contributed by atoms with E-state index in [1.54, 1.807) is 13.3 Å². The summed E-state index contributed by atoms with van der Waals surface area (Å²) in [5.41, 5.74) is 2.93. The first-order valence-electron chi connectivity index (χ1n) is 12.6. The standard InChI is InChI=1S/C29H30ClN5O3.ClH/c1-37-27-10-8-22(16-26(27)30)17-31-28-25-15-21(18-32-38-19-20-5-3-2-4-6-20)7-9-24(25)29(34-33-28)35-13-11-23(36)12-14-35;/h2-10,15-16,18,23,36H,11-14,17,19H2,1H3,(H,31,33);1H. The van der Waals surface area contributed by atoms with Gasteiger partial charge in [0.05, 0.1) is 24.5 Å². The predicted octanol–water partition coefficient (Wildman–Crippen LogP) is 5.84. The molecule has 2 heterocycles. The lowest BCUT2D eigenvalue weighted by molar-refractivity contribution is 0.132. The number of halogens is 2. The quantitative estimate of drug-likeness (QED) is 0.194. The molecule has 0 atom stereocenters. The Morgan fingerprint density at radius 2 is 1.82 bits per heavy atom. The van der Waals surface area contributed by atoms with Crippen LogP contribution in [0.1, 0.15) is 29.5 Å². The number of aliphatic hydroxyl groups is 1. The number of fused-ring (bicyclic) bond motifs is 1. The number of hydrogen-bond donors (Lipinski definition) is 2. The molecule has 5 rings (SSSR count). The molecular formula is C29H31Cl2N5O3. The summed E-state index contributed by atoms with van der Waals surface area (Å²) in [4.78, 5) is 7.69. The second-order valence-electron chi connectivity index (χ2n) is 9.21. The van der Waals surface area contributed by atoms with Crippen LogP contribution in [0.25, 0.3) is 10.8 Å². The molecule has 1 aliphatic heterocycles. The van der Waals surface area contributed by atoms with Crippen molar-refractivity contribution in [3.63, 3.8) is 0 Å². The fourth-order valence-corrected chi connectivity index (χ4v) is 4.75. The van der Waals surface area contributed by atoms with Crippen LogP contribution in [-0.2, 0) is 18.0 Å². The molecule has 8 nitrogen and oxygen atoms in total. The van der Waals surface area contributed by atoms with E-state index in [4.69, 9.17) is 21.2 Å². The monoisotopic (exact) mass is 567 g/mol. The minimum absolute atomic E-state index is 0. The van der Waals surface area contributed by atoms with Crippen LogP contribution in [0.4, 0.5) is 11.6 Å². The largest absolute Gasteiger partial charge is 0.495 e. The van der Waals surface area contributed by atoms with Crippen molar-refractivity contribution in [1.29, 1.82) is 0 Å². The molecule has 0 amide bonds. The molecule has 2 N–H and O–H groups in total. The fraction of sp³-hybridized carbons (Fsp3) is 0.276. The van der Waals surface area contributed by atoms with Gasteiger partial charge in [-0.1, -0.05) is 59.2 Å². The fourth-order valence-electron chi connectivity index (χ4n) is 4.47. The molecule has 4 aromatic rings. The average molecular weight is 569 g/mol. The van der Waals surface area contributed by atoms with Gasteiger partial charge >= 0.3 is 0 Å². The van der Waals surface area contributed by atoms with Crippen molar-refractivity contribution in [2.75, 3.05) is 30.4 Å². The predicted molar refractivity (Wildman–Crippen MR) is 158 cm³/mol. The molecule has 0 bridgehead atoms. The third-order valence-electron chi connectivity index (χ3n) is 6.57. The van der Waals surface area contributed by atoms with E-state index in [9.17, 15) is 5.11 Å². The Balaban J connectivity index is 0.00000353. The molecule has 1 aliphatic rings. The number of nitrogens with zero attached hydrogens (tertiary/aromatic N) is 4. The van der Waals surface area contributed by atoms with Gasteiger partial charge in [0, 0.05) is 30.4 Å². The van der Waals surface area contributed by atoms with Gasteiger partial charge in [-0.2, -0.15) is 0 Å². The summed E-state index contributed by atoms with van der Waals surface area (Å²) in [5.74, 6) is 2.11. The highest BCUT2D eigenvalue weighted by Gasteiger charge is 2.21. The first-order valence-corrected chi connectivity index (χ1v) is 13.0. The third-order valence-corrected chi connectivity index (χ3v) is 6.87. The highest BCUT2D eigenvalue weighted by atomic mass is 35.5. The maximum Gasteiger partial charge on any atom is 0.159 e. The van der Waals surface area contributed by atoms with Crippen molar-refractivity contribution in [2.24, 2.45) is 5.16 Å².